The van der Waals surface area contributed by atoms with Gasteiger partial charge in [-0.25, -0.2) is 14.4 Å². The summed E-state index contributed by atoms with van der Waals surface area (Å²) in [5.41, 5.74) is 1.89. The van der Waals surface area contributed by atoms with Crippen molar-refractivity contribution in [1.29, 1.82) is 0 Å². The monoisotopic (exact) mass is 470 g/mol. The van der Waals surface area contributed by atoms with E-state index in [0.717, 1.165) is 29.5 Å². The fraction of sp³-hybridized carbons (Fsp3) is 0.286. The van der Waals surface area contributed by atoms with Crippen molar-refractivity contribution in [1.82, 2.24) is 9.97 Å². The Bertz CT molecular complexity index is 931. The van der Waals surface area contributed by atoms with E-state index in [0.29, 0.717) is 17.9 Å². The molecule has 30 heavy (non-hydrogen) atoms. The molecule has 0 bridgehead atoms. The molecule has 0 atom stereocenters. The van der Waals surface area contributed by atoms with Crippen molar-refractivity contribution in [2.24, 2.45) is 0 Å². The maximum absolute atomic E-state index is 13.4. The molecule has 0 aliphatic carbocycles. The Kier molecular flexibility index (Phi) is 10.2. The number of nitrogens with zero attached hydrogens (tertiary/aromatic N) is 4. The first-order valence-corrected chi connectivity index (χ1v) is 10.1. The van der Waals surface area contributed by atoms with Crippen LogP contribution in [0.3, 0.4) is 0 Å². The lowest BCUT2D eigenvalue weighted by Gasteiger charge is -2.23. The predicted molar refractivity (Wildman–Crippen MR) is 126 cm³/mol. The van der Waals surface area contributed by atoms with E-state index in [1.165, 1.54) is 23.5 Å². The number of carbonyl (C=O) groups excluding carboxylic acids is 1. The van der Waals surface area contributed by atoms with Crippen LogP contribution in [0.5, 0.6) is 0 Å². The topological polar surface area (TPSA) is 49.3 Å². The van der Waals surface area contributed by atoms with Gasteiger partial charge in [0.25, 0.3) is 5.91 Å². The summed E-state index contributed by atoms with van der Waals surface area (Å²) in [4.78, 5) is 25.7. The number of amides is 1. The Hall–Kier alpha value is -2.22. The number of thiazole rings is 1. The minimum atomic E-state index is -0.342. The van der Waals surface area contributed by atoms with Crippen LogP contribution < -0.4 is 9.80 Å². The summed E-state index contributed by atoms with van der Waals surface area (Å²) in [6, 6.07) is 9.83. The van der Waals surface area contributed by atoms with Crippen molar-refractivity contribution in [3.63, 3.8) is 0 Å². The quantitative estimate of drug-likeness (QED) is 0.455. The molecule has 2 heterocycles. The number of carbonyl (C=O) groups is 1. The summed E-state index contributed by atoms with van der Waals surface area (Å²) in [5.74, 6) is 0.346. The van der Waals surface area contributed by atoms with Crippen molar-refractivity contribution in [2.45, 2.75) is 27.3 Å². The zero-order chi connectivity index (χ0) is 20.1. The minimum absolute atomic E-state index is 0. The predicted octanol–water partition coefficient (Wildman–Crippen LogP) is 5.52. The average molecular weight is 471 g/mol. The van der Waals surface area contributed by atoms with Crippen LogP contribution in [-0.2, 0) is 6.54 Å². The van der Waals surface area contributed by atoms with Crippen LogP contribution in [-0.4, -0.2) is 29.0 Å². The van der Waals surface area contributed by atoms with Crippen molar-refractivity contribution < 1.29 is 9.18 Å². The number of aryl methyl sites for hydroxylation is 1. The second-order valence-electron chi connectivity index (χ2n) is 6.32. The summed E-state index contributed by atoms with van der Waals surface area (Å²) >= 11 is 1.43. The molecule has 0 unspecified atom stereocenters. The summed E-state index contributed by atoms with van der Waals surface area (Å²) in [6.07, 6.45) is 1.78. The molecule has 0 radical (unpaired) electrons. The van der Waals surface area contributed by atoms with Gasteiger partial charge in [-0.1, -0.05) is 6.07 Å². The van der Waals surface area contributed by atoms with E-state index < -0.39 is 0 Å². The third-order valence-electron chi connectivity index (χ3n) is 4.46. The molecule has 9 heteroatoms. The Balaban J connectivity index is 0.00000225. The first kappa shape index (κ1) is 25.8. The van der Waals surface area contributed by atoms with E-state index >= 15 is 0 Å². The van der Waals surface area contributed by atoms with E-state index in [4.69, 9.17) is 0 Å². The molecule has 0 aliphatic rings. The lowest BCUT2D eigenvalue weighted by Crippen LogP contribution is -2.31. The van der Waals surface area contributed by atoms with Gasteiger partial charge in [-0.2, -0.15) is 0 Å². The van der Waals surface area contributed by atoms with Crippen LogP contribution in [0.2, 0.25) is 0 Å². The van der Waals surface area contributed by atoms with Gasteiger partial charge in [-0.05, 0) is 56.7 Å². The standard InChI is InChI=1S/C21H23FN4OS.2ClH/c1-4-25(5-2)20-11-6-16(12-23-20)13-26(18-9-7-17(22)8-10-18)21(27)19-14-28-15(3)24-19;;/h6-12,14H,4-5,13H2,1-3H3;2*1H. The number of aromatic nitrogens is 2. The molecule has 5 nitrogen and oxygen atoms in total. The number of hydrogen-bond donors (Lipinski definition) is 0. The Morgan fingerprint density at radius 1 is 1.07 bits per heavy atom. The van der Waals surface area contributed by atoms with Crippen molar-refractivity contribution in [2.75, 3.05) is 22.9 Å². The van der Waals surface area contributed by atoms with Crippen molar-refractivity contribution in [3.05, 3.63) is 70.1 Å². The molecule has 1 amide bonds. The third kappa shape index (κ3) is 6.14. The van der Waals surface area contributed by atoms with Crippen LogP contribution in [0.15, 0.2) is 48.0 Å². The number of halogens is 3. The molecular formula is C21H25Cl2FN4OS. The fourth-order valence-corrected chi connectivity index (χ4v) is 3.52. The Morgan fingerprint density at radius 3 is 2.23 bits per heavy atom. The van der Waals surface area contributed by atoms with E-state index in [2.05, 4.69) is 28.7 Å². The molecule has 0 aliphatic heterocycles. The van der Waals surface area contributed by atoms with E-state index in [1.54, 1.807) is 28.6 Å². The SMILES string of the molecule is CCN(CC)c1ccc(CN(C(=O)c2csc(C)n2)c2ccc(F)cc2)cn1.Cl.Cl. The van der Waals surface area contributed by atoms with Crippen LogP contribution in [0.25, 0.3) is 0 Å². The zero-order valence-corrected chi connectivity index (χ0v) is 19.5. The Morgan fingerprint density at radius 2 is 1.73 bits per heavy atom. The van der Waals surface area contributed by atoms with Gasteiger partial charge in [0.05, 0.1) is 11.6 Å². The van der Waals surface area contributed by atoms with Crippen LogP contribution >= 0.6 is 36.2 Å². The summed E-state index contributed by atoms with van der Waals surface area (Å²) < 4.78 is 13.4. The zero-order valence-electron chi connectivity index (χ0n) is 17.0. The molecule has 3 rings (SSSR count). The van der Waals surface area contributed by atoms with Gasteiger partial charge in [0, 0.05) is 30.4 Å². The molecule has 0 spiro atoms. The molecule has 0 fully saturated rings. The number of benzene rings is 1. The molecule has 1 aromatic carbocycles. The van der Waals surface area contributed by atoms with E-state index in [9.17, 15) is 9.18 Å². The maximum atomic E-state index is 13.4. The van der Waals surface area contributed by atoms with E-state index in [1.807, 2.05) is 19.1 Å². The van der Waals surface area contributed by atoms with Gasteiger partial charge in [0.2, 0.25) is 0 Å². The molecule has 162 valence electrons. The number of hydrogen-bond acceptors (Lipinski definition) is 5. The number of anilines is 2. The van der Waals surface area contributed by atoms with Gasteiger partial charge < -0.3 is 9.80 Å². The summed E-state index contributed by atoms with van der Waals surface area (Å²) in [6.45, 7) is 8.12. The van der Waals surface area contributed by atoms with Crippen LogP contribution in [0.1, 0.15) is 34.9 Å². The molecule has 0 saturated heterocycles. The highest BCUT2D eigenvalue weighted by Gasteiger charge is 2.21. The molecule has 2 aromatic heterocycles. The summed E-state index contributed by atoms with van der Waals surface area (Å²) in [7, 11) is 0. The fourth-order valence-electron chi connectivity index (χ4n) is 2.93. The second-order valence-corrected chi connectivity index (χ2v) is 7.38. The first-order valence-electron chi connectivity index (χ1n) is 9.21. The molecule has 3 aromatic rings. The smallest absolute Gasteiger partial charge is 0.278 e. The highest BCUT2D eigenvalue weighted by Crippen LogP contribution is 2.22. The molecule has 0 N–H and O–H groups in total. The van der Waals surface area contributed by atoms with Gasteiger partial charge in [0.15, 0.2) is 0 Å². The largest absolute Gasteiger partial charge is 0.357 e. The minimum Gasteiger partial charge on any atom is -0.357 e. The third-order valence-corrected chi connectivity index (χ3v) is 5.23. The van der Waals surface area contributed by atoms with Crippen LogP contribution in [0, 0.1) is 12.7 Å². The maximum Gasteiger partial charge on any atom is 0.278 e. The average Bonchev–Trinajstić information content (AvgIpc) is 3.15. The highest BCUT2D eigenvalue weighted by atomic mass is 35.5. The van der Waals surface area contributed by atoms with Gasteiger partial charge in [-0.3, -0.25) is 4.79 Å². The van der Waals surface area contributed by atoms with Gasteiger partial charge in [-0.15, -0.1) is 36.2 Å². The molecular weight excluding hydrogens is 446 g/mol. The van der Waals surface area contributed by atoms with Gasteiger partial charge >= 0.3 is 0 Å². The van der Waals surface area contributed by atoms with Crippen molar-refractivity contribution >= 4 is 53.6 Å². The lowest BCUT2D eigenvalue weighted by atomic mass is 10.2. The lowest BCUT2D eigenvalue weighted by molar-refractivity contribution is 0.0981. The van der Waals surface area contributed by atoms with E-state index in [-0.39, 0.29) is 36.5 Å². The first-order chi connectivity index (χ1) is 13.5. The number of rotatable bonds is 7. The van der Waals surface area contributed by atoms with Crippen LogP contribution in [0.4, 0.5) is 15.9 Å². The molecule has 0 saturated carbocycles. The van der Waals surface area contributed by atoms with Gasteiger partial charge in [0.1, 0.15) is 17.3 Å². The Labute approximate surface area is 192 Å². The summed E-state index contributed by atoms with van der Waals surface area (Å²) in [5, 5.41) is 2.57. The number of pyridine rings is 1. The second kappa shape index (κ2) is 11.8. The highest BCUT2D eigenvalue weighted by molar-refractivity contribution is 7.09. The van der Waals surface area contributed by atoms with Crippen molar-refractivity contribution in [3.8, 4) is 0 Å². The normalized spacial score (nSPS) is 10.0.